The van der Waals surface area contributed by atoms with E-state index >= 15 is 0 Å². The molecular weight excluding hydrogens is 591 g/mol. The van der Waals surface area contributed by atoms with Gasteiger partial charge in [0.1, 0.15) is 0 Å². The molecule has 2 aliphatic rings. The van der Waals surface area contributed by atoms with E-state index in [1.807, 2.05) is 13.0 Å². The van der Waals surface area contributed by atoms with Crippen molar-refractivity contribution >= 4 is 30.1 Å². The number of methoxy groups -OCH3 is 1. The van der Waals surface area contributed by atoms with Gasteiger partial charge in [0, 0.05) is 6.42 Å². The molecule has 0 amide bonds. The fraction of sp³-hybridized carbons (Fsp3) is 0.765. The minimum absolute atomic E-state index is 0.0548. The summed E-state index contributed by atoms with van der Waals surface area (Å²) in [6.07, 6.45) is 19.0. The van der Waals surface area contributed by atoms with Crippen LogP contribution in [-0.4, -0.2) is 48.4 Å². The molecule has 39 heavy (non-hydrogen) atoms. The van der Waals surface area contributed by atoms with Crippen LogP contribution >= 0.6 is 0 Å². The Morgan fingerprint density at radius 2 is 1.69 bits per heavy atom. The number of carbonyl (C=O) groups is 2. The second-order valence-corrected chi connectivity index (χ2v) is 24.6. The number of unbranched alkanes of at least 4 members (excludes halogenated alkanes) is 4. The van der Waals surface area contributed by atoms with Gasteiger partial charge in [0.05, 0.1) is 7.11 Å². The summed E-state index contributed by atoms with van der Waals surface area (Å²) >= 11 is -2.48. The molecule has 4 nitrogen and oxygen atoms in total. The molecule has 0 heterocycles. The summed E-state index contributed by atoms with van der Waals surface area (Å²) in [5.41, 5.74) is 1.44. The van der Waals surface area contributed by atoms with Gasteiger partial charge in [-0.25, -0.2) is 0 Å². The van der Waals surface area contributed by atoms with E-state index in [9.17, 15) is 14.7 Å². The zero-order valence-corrected chi connectivity index (χ0v) is 28.5. The van der Waals surface area contributed by atoms with Crippen molar-refractivity contribution in [2.75, 3.05) is 7.11 Å². The van der Waals surface area contributed by atoms with E-state index < -0.39 is 18.4 Å². The summed E-state index contributed by atoms with van der Waals surface area (Å²) in [6.45, 7) is 8.88. The van der Waals surface area contributed by atoms with Crippen molar-refractivity contribution in [1.29, 1.82) is 0 Å². The molecule has 220 valence electrons. The van der Waals surface area contributed by atoms with Crippen LogP contribution in [-0.2, 0) is 14.3 Å². The number of allylic oxidation sites excluding steroid dienone is 3. The van der Waals surface area contributed by atoms with E-state index in [1.165, 1.54) is 64.5 Å². The molecular formula is C34H56O4Sn. The zero-order chi connectivity index (χ0) is 28.7. The Bertz CT molecular complexity index is 858. The van der Waals surface area contributed by atoms with Gasteiger partial charge in [0.15, 0.2) is 0 Å². The van der Waals surface area contributed by atoms with E-state index in [0.29, 0.717) is 24.7 Å². The number of carbonyl (C=O) groups excluding carboxylic acids is 2. The molecule has 0 radical (unpaired) electrons. The van der Waals surface area contributed by atoms with Gasteiger partial charge in [0.25, 0.3) is 0 Å². The van der Waals surface area contributed by atoms with Crippen molar-refractivity contribution < 1.29 is 19.4 Å². The monoisotopic (exact) mass is 648 g/mol. The topological polar surface area (TPSA) is 63.6 Å². The molecule has 0 spiro atoms. The van der Waals surface area contributed by atoms with E-state index in [2.05, 4.69) is 36.7 Å². The fourth-order valence-electron chi connectivity index (χ4n) is 6.56. The molecule has 0 aromatic carbocycles. The van der Waals surface area contributed by atoms with Crippen LogP contribution in [0.2, 0.25) is 13.3 Å². The van der Waals surface area contributed by atoms with Gasteiger partial charge in [-0.2, -0.15) is 0 Å². The second-order valence-electron chi connectivity index (χ2n) is 12.3. The normalized spacial score (nSPS) is 24.5. The molecule has 2 saturated carbocycles. The van der Waals surface area contributed by atoms with Gasteiger partial charge in [-0.15, -0.1) is 0 Å². The molecule has 0 bridgehead atoms. The molecule has 2 aliphatic carbocycles. The van der Waals surface area contributed by atoms with Gasteiger partial charge in [0.2, 0.25) is 0 Å². The molecule has 5 atom stereocenters. The second kappa shape index (κ2) is 18.4. The maximum absolute atomic E-state index is 13.0. The number of esters is 1. The van der Waals surface area contributed by atoms with Crippen molar-refractivity contribution in [2.24, 2.45) is 23.7 Å². The Labute approximate surface area is 243 Å². The van der Waals surface area contributed by atoms with E-state index in [-0.39, 0.29) is 29.7 Å². The Balaban J connectivity index is 1.95. The standard InChI is InChI=1S/C22H29O4.3C4H9.Sn/c1-4-7-15(2)20(23)11-10-18-19-13-16(12-17(19)14-21(18)24)8-5-6-9-22(25)26-3;3*1-3-4-2;/h8,10-11,15,17-19,21,24H,5-7,9,12-14H2,2-3H3;3*1,3-4H2,2H3;/b11-10+,16-8+;;;;/t15?,17-,18+,19-,21+;;;;/m0..../s1. The first kappa shape index (κ1) is 34.1. The van der Waals surface area contributed by atoms with Gasteiger partial charge >= 0.3 is 209 Å². The summed E-state index contributed by atoms with van der Waals surface area (Å²) in [4.78, 5) is 24.3. The van der Waals surface area contributed by atoms with Gasteiger partial charge < -0.3 is 4.74 Å². The molecule has 0 aliphatic heterocycles. The van der Waals surface area contributed by atoms with E-state index in [4.69, 9.17) is 4.74 Å². The minimum atomic E-state index is -2.48. The number of ketones is 1. The predicted octanol–water partition coefficient (Wildman–Crippen LogP) is 8.21. The SMILES string of the molecule is CCC[CH2][Sn]([C]#CCC(C)C(=O)/C=C/[C@@H]1[C@H]2C/C(=C/CCCC(=O)OC)C[C@H]2C[C@H]1O)([CH2]CCC)[CH2]CCC. The number of aliphatic hydroxyl groups excluding tert-OH is 1. The van der Waals surface area contributed by atoms with Crippen LogP contribution in [0.5, 0.6) is 0 Å². The third kappa shape index (κ3) is 11.4. The molecule has 1 unspecified atom stereocenters. The van der Waals surface area contributed by atoms with Crippen molar-refractivity contribution in [3.05, 3.63) is 23.8 Å². The number of hydrogen-bond donors (Lipinski definition) is 1. The Morgan fingerprint density at radius 3 is 2.28 bits per heavy atom. The van der Waals surface area contributed by atoms with Crippen molar-refractivity contribution in [2.45, 2.75) is 131 Å². The van der Waals surface area contributed by atoms with E-state index in [0.717, 1.165) is 32.1 Å². The molecule has 0 aromatic heterocycles. The molecule has 0 saturated heterocycles. The first-order chi connectivity index (χ1) is 18.8. The van der Waals surface area contributed by atoms with Gasteiger partial charge in [-0.3, -0.25) is 4.79 Å². The summed E-state index contributed by atoms with van der Waals surface area (Å²) in [6, 6.07) is 0. The number of fused-ring (bicyclic) bond motifs is 1. The predicted molar refractivity (Wildman–Crippen MR) is 165 cm³/mol. The molecule has 1 N–H and O–H groups in total. The molecule has 2 fully saturated rings. The quantitative estimate of drug-likeness (QED) is 0.0432. The first-order valence-corrected chi connectivity index (χ1v) is 23.4. The Hall–Kier alpha value is -1.06. The zero-order valence-electron chi connectivity index (χ0n) is 25.6. The van der Waals surface area contributed by atoms with Gasteiger partial charge in [-0.1, -0.05) is 0 Å². The summed E-state index contributed by atoms with van der Waals surface area (Å²) < 4.78 is 12.8. The van der Waals surface area contributed by atoms with Crippen molar-refractivity contribution in [3.63, 3.8) is 0 Å². The average molecular weight is 648 g/mol. The van der Waals surface area contributed by atoms with Crippen LogP contribution in [0.15, 0.2) is 23.8 Å². The van der Waals surface area contributed by atoms with Crippen LogP contribution in [0.25, 0.3) is 0 Å². The molecule has 2 rings (SSSR count). The van der Waals surface area contributed by atoms with Crippen LogP contribution in [0.3, 0.4) is 0 Å². The molecule has 0 aromatic rings. The number of rotatable bonds is 17. The summed E-state index contributed by atoms with van der Waals surface area (Å²) in [5, 5.41) is 10.7. The van der Waals surface area contributed by atoms with Crippen LogP contribution in [0, 0.1) is 33.5 Å². The van der Waals surface area contributed by atoms with Crippen LogP contribution in [0.1, 0.15) is 111 Å². The summed E-state index contributed by atoms with van der Waals surface area (Å²) in [5.74, 6) is 4.42. The Kier molecular flexibility index (Phi) is 16.1. The number of hydrogen-bond acceptors (Lipinski definition) is 4. The van der Waals surface area contributed by atoms with Crippen LogP contribution < -0.4 is 0 Å². The Morgan fingerprint density at radius 1 is 1.05 bits per heavy atom. The average Bonchev–Trinajstić information content (AvgIpc) is 3.45. The summed E-state index contributed by atoms with van der Waals surface area (Å²) in [7, 11) is 1.43. The third-order valence-corrected chi connectivity index (χ3v) is 22.4. The third-order valence-electron chi connectivity index (χ3n) is 9.11. The number of ether oxygens (including phenoxy) is 1. The van der Waals surface area contributed by atoms with Crippen LogP contribution in [0.4, 0.5) is 0 Å². The molecule has 5 heteroatoms. The van der Waals surface area contributed by atoms with Gasteiger partial charge in [-0.05, 0) is 12.8 Å². The van der Waals surface area contributed by atoms with Crippen molar-refractivity contribution in [3.8, 4) is 9.86 Å². The maximum atomic E-state index is 13.0. The first-order valence-electron chi connectivity index (χ1n) is 15.9. The number of aliphatic hydroxyl groups is 1. The van der Waals surface area contributed by atoms with Crippen molar-refractivity contribution in [1.82, 2.24) is 0 Å². The fourth-order valence-corrected chi connectivity index (χ4v) is 20.0. The van der Waals surface area contributed by atoms with E-state index in [1.54, 1.807) is 6.08 Å².